The predicted octanol–water partition coefficient (Wildman–Crippen LogP) is 3.44. The first kappa shape index (κ1) is 21.5. The Balaban J connectivity index is 0.000000289. The number of phenols is 2. The highest BCUT2D eigenvalue weighted by atomic mass is 16.3. The number of hydrogen-bond donors (Lipinski definition) is 4. The van der Waals surface area contributed by atoms with Crippen LogP contribution in [0.3, 0.4) is 0 Å². The zero-order valence-corrected chi connectivity index (χ0v) is 15.6. The average molecular weight is 358 g/mol. The standard InChI is InChI=1S/C13H20N2O.C8H10O2/c1-2-12(6-7-15-10-16)13-5-3-4-11(8-13)9-14;1-2-6-3-4-7(9)8(10)5-6/h3-5,8,10,12H,2,6-7,9,14H2,1H3,(H,15,16);3-5,9-10H,2H2,1H3. The molecule has 0 aliphatic heterocycles. The highest BCUT2D eigenvalue weighted by molar-refractivity contribution is 5.45. The molecular weight excluding hydrogens is 328 g/mol. The molecule has 0 radical (unpaired) electrons. The summed E-state index contributed by atoms with van der Waals surface area (Å²) in [6.07, 6.45) is 3.68. The summed E-state index contributed by atoms with van der Waals surface area (Å²) in [5.41, 5.74) is 9.13. The molecule has 2 rings (SSSR count). The van der Waals surface area contributed by atoms with E-state index < -0.39 is 0 Å². The molecule has 5 N–H and O–H groups in total. The van der Waals surface area contributed by atoms with Crippen LogP contribution >= 0.6 is 0 Å². The summed E-state index contributed by atoms with van der Waals surface area (Å²) in [6.45, 7) is 5.47. The van der Waals surface area contributed by atoms with Crippen LogP contribution in [0.2, 0.25) is 0 Å². The van der Waals surface area contributed by atoms with Gasteiger partial charge in [-0.25, -0.2) is 0 Å². The van der Waals surface area contributed by atoms with E-state index in [0.717, 1.165) is 37.8 Å². The van der Waals surface area contributed by atoms with Gasteiger partial charge in [-0.1, -0.05) is 44.2 Å². The molecule has 0 aliphatic carbocycles. The fraction of sp³-hybridized carbons (Fsp3) is 0.381. The molecule has 26 heavy (non-hydrogen) atoms. The maximum Gasteiger partial charge on any atom is 0.207 e. The lowest BCUT2D eigenvalue weighted by molar-refractivity contribution is -0.109. The van der Waals surface area contributed by atoms with Crippen LogP contribution in [0.25, 0.3) is 0 Å². The third kappa shape index (κ3) is 7.15. The lowest BCUT2D eigenvalue weighted by Crippen LogP contribution is -2.15. The van der Waals surface area contributed by atoms with E-state index in [1.807, 2.05) is 19.1 Å². The van der Waals surface area contributed by atoms with Gasteiger partial charge < -0.3 is 21.3 Å². The topological polar surface area (TPSA) is 95.6 Å². The molecular formula is C21H30N2O3. The van der Waals surface area contributed by atoms with Crippen LogP contribution in [0.1, 0.15) is 49.3 Å². The van der Waals surface area contributed by atoms with Crippen LogP contribution in [0.5, 0.6) is 11.5 Å². The van der Waals surface area contributed by atoms with Crippen LogP contribution < -0.4 is 11.1 Å². The van der Waals surface area contributed by atoms with Crippen LogP contribution in [0.15, 0.2) is 42.5 Å². The van der Waals surface area contributed by atoms with Crippen molar-refractivity contribution in [3.63, 3.8) is 0 Å². The van der Waals surface area contributed by atoms with E-state index in [4.69, 9.17) is 15.9 Å². The molecule has 0 spiro atoms. The Kier molecular flexibility index (Phi) is 9.87. The normalized spacial score (nSPS) is 11.2. The molecule has 1 atom stereocenters. The summed E-state index contributed by atoms with van der Waals surface area (Å²) >= 11 is 0. The Morgan fingerprint density at radius 1 is 1.08 bits per heavy atom. The summed E-state index contributed by atoms with van der Waals surface area (Å²) in [6, 6.07) is 13.2. The molecule has 0 saturated heterocycles. The smallest absolute Gasteiger partial charge is 0.207 e. The highest BCUT2D eigenvalue weighted by Gasteiger charge is 2.09. The molecule has 5 nitrogen and oxygen atoms in total. The van der Waals surface area contributed by atoms with Gasteiger partial charge in [0.15, 0.2) is 11.5 Å². The second kappa shape index (κ2) is 11.9. The fourth-order valence-electron chi connectivity index (χ4n) is 2.69. The number of nitrogens with one attached hydrogen (secondary N) is 1. The lowest BCUT2D eigenvalue weighted by Gasteiger charge is -2.15. The molecule has 0 heterocycles. The third-order valence-electron chi connectivity index (χ3n) is 4.32. The summed E-state index contributed by atoms with van der Waals surface area (Å²) in [4.78, 5) is 10.2. The summed E-state index contributed by atoms with van der Waals surface area (Å²) in [5.74, 6) is 0.399. The van der Waals surface area contributed by atoms with Crippen LogP contribution in [0.4, 0.5) is 0 Å². The van der Waals surface area contributed by atoms with Crippen molar-refractivity contribution >= 4 is 6.41 Å². The van der Waals surface area contributed by atoms with E-state index in [1.165, 1.54) is 17.2 Å². The highest BCUT2D eigenvalue weighted by Crippen LogP contribution is 2.25. The number of aryl methyl sites for hydroxylation is 1. The maximum atomic E-state index is 10.2. The zero-order valence-electron chi connectivity index (χ0n) is 15.6. The number of hydrogen-bond acceptors (Lipinski definition) is 4. The van der Waals surface area contributed by atoms with Crippen LogP contribution in [-0.2, 0) is 17.8 Å². The van der Waals surface area contributed by atoms with Crippen molar-refractivity contribution in [2.24, 2.45) is 5.73 Å². The molecule has 5 heteroatoms. The third-order valence-corrected chi connectivity index (χ3v) is 4.32. The van der Waals surface area contributed by atoms with E-state index in [-0.39, 0.29) is 11.5 Å². The van der Waals surface area contributed by atoms with Gasteiger partial charge in [0.1, 0.15) is 0 Å². The Labute approximate surface area is 155 Å². The van der Waals surface area contributed by atoms with E-state index in [2.05, 4.69) is 24.4 Å². The Morgan fingerprint density at radius 3 is 2.42 bits per heavy atom. The molecule has 0 bridgehead atoms. The average Bonchev–Trinajstić information content (AvgIpc) is 2.68. The molecule has 1 amide bonds. The molecule has 2 aromatic carbocycles. The summed E-state index contributed by atoms with van der Waals surface area (Å²) in [7, 11) is 0. The van der Waals surface area contributed by atoms with Crippen molar-refractivity contribution in [2.75, 3.05) is 6.54 Å². The Morgan fingerprint density at radius 2 is 1.85 bits per heavy atom. The zero-order chi connectivity index (χ0) is 19.4. The molecule has 0 aromatic heterocycles. The molecule has 0 fully saturated rings. The molecule has 0 aliphatic rings. The number of phenolic OH excluding ortho intramolecular Hbond substituents is 2. The number of amides is 1. The molecule has 1 unspecified atom stereocenters. The van der Waals surface area contributed by atoms with Crippen molar-refractivity contribution < 1.29 is 15.0 Å². The second-order valence-corrected chi connectivity index (χ2v) is 6.09. The number of benzene rings is 2. The van der Waals surface area contributed by atoms with Gasteiger partial charge in [-0.2, -0.15) is 0 Å². The van der Waals surface area contributed by atoms with E-state index >= 15 is 0 Å². The minimum atomic E-state index is -0.0581. The van der Waals surface area contributed by atoms with Crippen LogP contribution in [-0.4, -0.2) is 23.2 Å². The first-order valence-corrected chi connectivity index (χ1v) is 9.02. The molecule has 2 aromatic rings. The lowest BCUT2D eigenvalue weighted by atomic mass is 9.92. The Hall–Kier alpha value is -2.53. The van der Waals surface area contributed by atoms with Gasteiger partial charge in [0.2, 0.25) is 6.41 Å². The predicted molar refractivity (Wildman–Crippen MR) is 105 cm³/mol. The number of carbonyl (C=O) groups excluding carboxylic acids is 1. The van der Waals surface area contributed by atoms with Gasteiger partial charge >= 0.3 is 0 Å². The van der Waals surface area contributed by atoms with Gasteiger partial charge in [0.25, 0.3) is 0 Å². The number of aromatic hydroxyl groups is 2. The van der Waals surface area contributed by atoms with Gasteiger partial charge in [0.05, 0.1) is 0 Å². The van der Waals surface area contributed by atoms with Crippen LogP contribution in [0, 0.1) is 0 Å². The largest absolute Gasteiger partial charge is 0.504 e. The Bertz CT molecular complexity index is 674. The quantitative estimate of drug-likeness (QED) is 0.330. The van der Waals surface area contributed by atoms with Gasteiger partial charge in [-0.05, 0) is 54.0 Å². The van der Waals surface area contributed by atoms with Gasteiger partial charge in [0, 0.05) is 13.1 Å². The van der Waals surface area contributed by atoms with Crippen molar-refractivity contribution in [1.29, 1.82) is 0 Å². The van der Waals surface area contributed by atoms with E-state index in [1.54, 1.807) is 12.1 Å². The second-order valence-electron chi connectivity index (χ2n) is 6.09. The minimum absolute atomic E-state index is 0.0423. The number of carbonyl (C=O) groups is 1. The number of nitrogens with two attached hydrogens (primary N) is 1. The number of rotatable bonds is 8. The summed E-state index contributed by atoms with van der Waals surface area (Å²) < 4.78 is 0. The minimum Gasteiger partial charge on any atom is -0.504 e. The SMILES string of the molecule is CCC(CCNC=O)c1cccc(CN)c1.CCc1ccc(O)c(O)c1. The van der Waals surface area contributed by atoms with Crippen molar-refractivity contribution in [3.8, 4) is 11.5 Å². The maximum absolute atomic E-state index is 10.2. The van der Waals surface area contributed by atoms with Gasteiger partial charge in [-0.3, -0.25) is 4.79 Å². The first-order valence-electron chi connectivity index (χ1n) is 9.02. The van der Waals surface area contributed by atoms with Gasteiger partial charge in [-0.15, -0.1) is 0 Å². The molecule has 142 valence electrons. The van der Waals surface area contributed by atoms with E-state index in [9.17, 15) is 4.79 Å². The van der Waals surface area contributed by atoms with E-state index in [0.29, 0.717) is 12.5 Å². The first-order chi connectivity index (χ1) is 12.5. The monoisotopic (exact) mass is 358 g/mol. The molecule has 0 saturated carbocycles. The van der Waals surface area contributed by atoms with Crippen molar-refractivity contribution in [1.82, 2.24) is 5.32 Å². The summed E-state index contributed by atoms with van der Waals surface area (Å²) in [5, 5.41) is 20.6. The fourth-order valence-corrected chi connectivity index (χ4v) is 2.69. The van der Waals surface area contributed by atoms with Crippen molar-refractivity contribution in [2.45, 2.75) is 45.6 Å². The van der Waals surface area contributed by atoms with Crippen molar-refractivity contribution in [3.05, 3.63) is 59.2 Å².